The molecule has 1 unspecified atom stereocenters. The maximum Gasteiger partial charge on any atom is 0.264 e. The number of benzene rings is 1. The Hall–Kier alpha value is -3.36. The van der Waals surface area contributed by atoms with Crippen LogP contribution in [0.15, 0.2) is 60.8 Å². The molecule has 1 atom stereocenters. The lowest BCUT2D eigenvalue weighted by atomic mass is 10.2. The van der Waals surface area contributed by atoms with Crippen molar-refractivity contribution in [1.29, 1.82) is 0 Å². The van der Waals surface area contributed by atoms with Crippen LogP contribution in [-0.4, -0.2) is 47.0 Å². The number of nitrogens with zero attached hydrogens (tertiary/aromatic N) is 3. The summed E-state index contributed by atoms with van der Waals surface area (Å²) >= 11 is 1.53. The molecule has 0 spiro atoms. The number of imidazole rings is 1. The molecule has 1 N–H and O–H groups in total. The second-order valence-corrected chi connectivity index (χ2v) is 8.97. The fourth-order valence-corrected chi connectivity index (χ4v) is 4.66. The highest BCUT2D eigenvalue weighted by atomic mass is 32.1. The first kappa shape index (κ1) is 20.5. The predicted octanol–water partition coefficient (Wildman–Crippen LogP) is 4.67. The molecule has 0 saturated carbocycles. The van der Waals surface area contributed by atoms with Crippen LogP contribution >= 0.6 is 11.3 Å². The molecule has 1 fully saturated rings. The maximum atomic E-state index is 12.9. The number of morpholine rings is 1. The third-order valence-corrected chi connectivity index (χ3v) is 6.50. The van der Waals surface area contributed by atoms with E-state index in [1.807, 2.05) is 77.0 Å². The second kappa shape index (κ2) is 8.64. The highest BCUT2D eigenvalue weighted by Gasteiger charge is 2.28. The average Bonchev–Trinajstić information content (AvgIpc) is 3.46. The number of amides is 1. The van der Waals surface area contributed by atoms with Crippen molar-refractivity contribution in [1.82, 2.24) is 14.3 Å². The van der Waals surface area contributed by atoms with Gasteiger partial charge < -0.3 is 19.7 Å². The molecule has 4 aromatic rings. The molecule has 5 rings (SSSR count). The number of hydrogen-bond donors (Lipinski definition) is 1. The lowest BCUT2D eigenvalue weighted by molar-refractivity contribution is -0.0243. The molecule has 8 heteroatoms. The molecule has 3 aromatic heterocycles. The zero-order chi connectivity index (χ0) is 22.1. The molecule has 164 valence electrons. The smallest absolute Gasteiger partial charge is 0.264 e. The summed E-state index contributed by atoms with van der Waals surface area (Å²) in [6.45, 7) is 3.58. The first-order valence-corrected chi connectivity index (χ1v) is 11.3. The van der Waals surface area contributed by atoms with Gasteiger partial charge in [-0.25, -0.2) is 4.98 Å². The minimum atomic E-state index is -0.262. The molecule has 7 nitrogen and oxygen atoms in total. The first-order chi connectivity index (χ1) is 15.6. The molecule has 1 aromatic carbocycles. The number of nitrogens with one attached hydrogen (secondary N) is 1. The van der Waals surface area contributed by atoms with E-state index >= 15 is 0 Å². The van der Waals surface area contributed by atoms with Gasteiger partial charge in [0.05, 0.1) is 30.8 Å². The minimum absolute atomic E-state index is 0.0574. The van der Waals surface area contributed by atoms with Gasteiger partial charge in [-0.05, 0) is 55.5 Å². The van der Waals surface area contributed by atoms with Gasteiger partial charge in [0.15, 0.2) is 0 Å². The van der Waals surface area contributed by atoms with Crippen LogP contribution < -0.4 is 10.1 Å². The van der Waals surface area contributed by atoms with E-state index in [4.69, 9.17) is 14.5 Å². The summed E-state index contributed by atoms with van der Waals surface area (Å²) in [4.78, 5) is 21.4. The summed E-state index contributed by atoms with van der Waals surface area (Å²) in [5.41, 5.74) is 2.58. The quantitative estimate of drug-likeness (QED) is 0.481. The molecule has 1 aliphatic rings. The van der Waals surface area contributed by atoms with Gasteiger partial charge in [0.2, 0.25) is 0 Å². The van der Waals surface area contributed by atoms with Crippen molar-refractivity contribution in [3.63, 3.8) is 0 Å². The van der Waals surface area contributed by atoms with Crippen molar-refractivity contribution >= 4 is 34.4 Å². The Bertz CT molecular complexity index is 1250. The van der Waals surface area contributed by atoms with Crippen molar-refractivity contribution in [2.45, 2.75) is 13.0 Å². The number of carbonyl (C=O) groups excluding carboxylic acids is 1. The monoisotopic (exact) mass is 448 g/mol. The van der Waals surface area contributed by atoms with Gasteiger partial charge in [-0.15, -0.1) is 11.3 Å². The fraction of sp³-hybridized carbons (Fsp3) is 0.250. The number of pyridine rings is 1. The Balaban J connectivity index is 1.37. The van der Waals surface area contributed by atoms with Crippen LogP contribution in [0.4, 0.5) is 11.5 Å². The van der Waals surface area contributed by atoms with Crippen molar-refractivity contribution in [3.05, 3.63) is 76.2 Å². The number of rotatable bonds is 5. The Kier molecular flexibility index (Phi) is 5.55. The van der Waals surface area contributed by atoms with Gasteiger partial charge >= 0.3 is 0 Å². The molecule has 0 bridgehead atoms. The van der Waals surface area contributed by atoms with Crippen molar-refractivity contribution in [3.8, 4) is 5.75 Å². The van der Waals surface area contributed by atoms with Crippen LogP contribution in [-0.2, 0) is 4.74 Å². The Labute approximate surface area is 190 Å². The number of carbonyl (C=O) groups is 1. The van der Waals surface area contributed by atoms with Gasteiger partial charge in [-0.2, -0.15) is 0 Å². The number of aromatic nitrogens is 2. The number of hydrogen-bond acceptors (Lipinski definition) is 6. The standard InChI is InChI=1S/C24H24N4O3S/c1-16-6-11-21(32-16)24(29)27-12-13-31-20(15-27)19-14-28-22(4-3-5-23(28)26-19)25-17-7-9-18(30-2)10-8-17/h3-11,14,20,25H,12-13,15H2,1-2H3. The summed E-state index contributed by atoms with van der Waals surface area (Å²) in [5, 5.41) is 3.43. The maximum absolute atomic E-state index is 12.9. The Morgan fingerprint density at radius 1 is 1.19 bits per heavy atom. The normalized spacial score (nSPS) is 16.3. The number of aryl methyl sites for hydroxylation is 1. The Morgan fingerprint density at radius 3 is 2.78 bits per heavy atom. The third kappa shape index (κ3) is 4.06. The van der Waals surface area contributed by atoms with E-state index in [9.17, 15) is 4.79 Å². The molecular weight excluding hydrogens is 424 g/mol. The van der Waals surface area contributed by atoms with E-state index in [-0.39, 0.29) is 12.0 Å². The number of thiophene rings is 1. The molecule has 0 aliphatic carbocycles. The van der Waals surface area contributed by atoms with E-state index in [1.54, 1.807) is 7.11 Å². The van der Waals surface area contributed by atoms with Gasteiger partial charge in [-0.3, -0.25) is 9.20 Å². The minimum Gasteiger partial charge on any atom is -0.497 e. The lowest BCUT2D eigenvalue weighted by Gasteiger charge is -2.31. The number of methoxy groups -OCH3 is 1. The lowest BCUT2D eigenvalue weighted by Crippen LogP contribution is -2.42. The predicted molar refractivity (Wildman–Crippen MR) is 125 cm³/mol. The summed E-state index contributed by atoms with van der Waals surface area (Å²) in [6.07, 6.45) is 1.72. The molecule has 0 radical (unpaired) electrons. The van der Waals surface area contributed by atoms with Crippen LogP contribution in [0, 0.1) is 6.92 Å². The van der Waals surface area contributed by atoms with E-state index < -0.39 is 0 Å². The molecule has 1 aliphatic heterocycles. The third-order valence-electron chi connectivity index (χ3n) is 5.51. The van der Waals surface area contributed by atoms with E-state index in [2.05, 4.69) is 5.32 Å². The van der Waals surface area contributed by atoms with Crippen molar-refractivity contribution in [2.75, 3.05) is 32.1 Å². The summed E-state index contributed by atoms with van der Waals surface area (Å²) in [5.74, 6) is 1.76. The number of ether oxygens (including phenoxy) is 2. The summed E-state index contributed by atoms with van der Waals surface area (Å²) in [6, 6.07) is 17.6. The molecule has 1 saturated heterocycles. The van der Waals surface area contributed by atoms with Crippen LogP contribution in [0.3, 0.4) is 0 Å². The largest absolute Gasteiger partial charge is 0.497 e. The van der Waals surface area contributed by atoms with Crippen LogP contribution in [0.1, 0.15) is 26.3 Å². The van der Waals surface area contributed by atoms with Crippen molar-refractivity contribution < 1.29 is 14.3 Å². The SMILES string of the molecule is COc1ccc(Nc2cccc3nc(C4CN(C(=O)c5ccc(C)s5)CCO4)cn23)cc1. The van der Waals surface area contributed by atoms with Gasteiger partial charge in [0, 0.05) is 23.3 Å². The molecule has 4 heterocycles. The van der Waals surface area contributed by atoms with Crippen LogP contribution in [0.5, 0.6) is 5.75 Å². The van der Waals surface area contributed by atoms with Crippen LogP contribution in [0.2, 0.25) is 0 Å². The summed E-state index contributed by atoms with van der Waals surface area (Å²) < 4.78 is 13.2. The zero-order valence-corrected chi connectivity index (χ0v) is 18.8. The number of fused-ring (bicyclic) bond motifs is 1. The first-order valence-electron chi connectivity index (χ1n) is 10.5. The van der Waals surface area contributed by atoms with Gasteiger partial charge in [0.25, 0.3) is 5.91 Å². The van der Waals surface area contributed by atoms with E-state index in [0.717, 1.165) is 38.4 Å². The molecule has 32 heavy (non-hydrogen) atoms. The molecule has 1 amide bonds. The average molecular weight is 449 g/mol. The van der Waals surface area contributed by atoms with E-state index in [0.29, 0.717) is 19.7 Å². The highest BCUT2D eigenvalue weighted by Crippen LogP contribution is 2.27. The van der Waals surface area contributed by atoms with Gasteiger partial charge in [-0.1, -0.05) is 6.07 Å². The molecular formula is C24H24N4O3S. The van der Waals surface area contributed by atoms with E-state index in [1.165, 1.54) is 11.3 Å². The second-order valence-electron chi connectivity index (χ2n) is 7.68. The topological polar surface area (TPSA) is 68.1 Å². The zero-order valence-electron chi connectivity index (χ0n) is 17.9. The van der Waals surface area contributed by atoms with Gasteiger partial charge in [0.1, 0.15) is 23.3 Å². The summed E-state index contributed by atoms with van der Waals surface area (Å²) in [7, 11) is 1.65. The van der Waals surface area contributed by atoms with Crippen molar-refractivity contribution in [2.24, 2.45) is 0 Å². The van der Waals surface area contributed by atoms with Crippen LogP contribution in [0.25, 0.3) is 5.65 Å². The fourth-order valence-electron chi connectivity index (χ4n) is 3.83. The highest BCUT2D eigenvalue weighted by molar-refractivity contribution is 7.13. The number of anilines is 2. The Morgan fingerprint density at radius 2 is 2.03 bits per heavy atom.